The smallest absolute Gasteiger partial charge is 0.318 e. The molecule has 59 heavy (non-hydrogen) atoms. The van der Waals surface area contributed by atoms with Crippen LogP contribution >= 0.6 is 0 Å². The van der Waals surface area contributed by atoms with Crippen LogP contribution in [0.25, 0.3) is 10.8 Å². The summed E-state index contributed by atoms with van der Waals surface area (Å²) >= 11 is 0. The van der Waals surface area contributed by atoms with E-state index in [-0.39, 0.29) is 29.0 Å². The number of halogens is 2. The fourth-order valence-corrected chi connectivity index (χ4v) is 10.2. The SMILES string of the molecule is CCCCCCCCCCN(C)C(=O)c1cc2n(n1)CCCN(c1nc(OC[C@@]34CCCN3C[C@H](F)C4)nc3c1CCN(c1cc(O)cc4ccc(F)c(CC)c14)C3)C2. The van der Waals surface area contributed by atoms with E-state index in [0.29, 0.717) is 76.4 Å². The number of phenols is 1. The molecule has 318 valence electrons. The number of aryl methyl sites for hydroxylation is 2. The lowest BCUT2D eigenvalue weighted by Crippen LogP contribution is -2.43. The van der Waals surface area contributed by atoms with Gasteiger partial charge in [-0.2, -0.15) is 15.1 Å². The number of hydrogen-bond donors (Lipinski definition) is 1. The van der Waals surface area contributed by atoms with E-state index in [2.05, 4.69) is 21.6 Å². The van der Waals surface area contributed by atoms with Crippen LogP contribution in [0.3, 0.4) is 0 Å². The summed E-state index contributed by atoms with van der Waals surface area (Å²) in [6.07, 6.45) is 13.2. The Morgan fingerprint density at radius 3 is 2.59 bits per heavy atom. The fraction of sp³-hybridized carbons (Fsp3) is 0.609. The Balaban J connectivity index is 1.05. The molecule has 0 bridgehead atoms. The van der Waals surface area contributed by atoms with Gasteiger partial charge >= 0.3 is 6.01 Å². The van der Waals surface area contributed by atoms with Gasteiger partial charge in [0, 0.05) is 68.9 Å². The molecule has 0 unspecified atom stereocenters. The number of aromatic hydroxyl groups is 1. The molecule has 8 rings (SSSR count). The Morgan fingerprint density at radius 2 is 1.78 bits per heavy atom. The van der Waals surface area contributed by atoms with Crippen molar-refractivity contribution < 1.29 is 23.4 Å². The van der Waals surface area contributed by atoms with E-state index in [1.807, 2.05) is 24.7 Å². The van der Waals surface area contributed by atoms with Gasteiger partial charge in [0.1, 0.15) is 30.2 Å². The van der Waals surface area contributed by atoms with Crippen molar-refractivity contribution in [2.24, 2.45) is 0 Å². The van der Waals surface area contributed by atoms with Crippen LogP contribution in [0.5, 0.6) is 11.8 Å². The second-order valence-corrected chi connectivity index (χ2v) is 17.5. The van der Waals surface area contributed by atoms with Crippen LogP contribution in [-0.2, 0) is 32.5 Å². The van der Waals surface area contributed by atoms with Crippen LogP contribution in [-0.4, -0.2) is 98.7 Å². The van der Waals surface area contributed by atoms with E-state index in [1.165, 1.54) is 44.6 Å². The van der Waals surface area contributed by atoms with Crippen LogP contribution in [0.15, 0.2) is 30.3 Å². The molecule has 4 aromatic rings. The minimum atomic E-state index is -0.869. The number of carbonyl (C=O) groups excluding carboxylic acids is 1. The van der Waals surface area contributed by atoms with Crippen molar-refractivity contribution in [2.75, 3.05) is 56.2 Å². The van der Waals surface area contributed by atoms with Gasteiger partial charge in [-0.25, -0.2) is 8.78 Å². The third kappa shape index (κ3) is 8.72. The highest BCUT2D eigenvalue weighted by molar-refractivity contribution is 5.98. The molecule has 13 heteroatoms. The monoisotopic (exact) mass is 812 g/mol. The first kappa shape index (κ1) is 41.2. The van der Waals surface area contributed by atoms with Crippen LogP contribution in [0.4, 0.5) is 20.3 Å². The first-order chi connectivity index (χ1) is 28.7. The number of unbranched alkanes of at least 4 members (excludes halogenated alkanes) is 7. The lowest BCUT2D eigenvalue weighted by molar-refractivity contribution is 0.0785. The Kier molecular flexibility index (Phi) is 12.6. The number of ether oxygens (including phenoxy) is 1. The van der Waals surface area contributed by atoms with E-state index < -0.39 is 6.17 Å². The number of fused-ring (bicyclic) bond motifs is 4. The van der Waals surface area contributed by atoms with Crippen molar-refractivity contribution in [3.05, 3.63) is 64.4 Å². The highest BCUT2D eigenvalue weighted by atomic mass is 19.1. The predicted molar refractivity (Wildman–Crippen MR) is 228 cm³/mol. The maximum atomic E-state index is 15.2. The summed E-state index contributed by atoms with van der Waals surface area (Å²) < 4.78 is 38.4. The zero-order valence-corrected chi connectivity index (χ0v) is 35.3. The molecule has 2 aromatic heterocycles. The molecule has 2 atom stereocenters. The summed E-state index contributed by atoms with van der Waals surface area (Å²) in [6, 6.07) is 8.83. The number of carbonyl (C=O) groups is 1. The molecule has 4 aliphatic rings. The molecule has 1 amide bonds. The summed E-state index contributed by atoms with van der Waals surface area (Å²) in [5.74, 6) is 0.618. The number of rotatable bonds is 16. The predicted octanol–water partition coefficient (Wildman–Crippen LogP) is 8.37. The van der Waals surface area contributed by atoms with Crippen molar-refractivity contribution in [1.29, 1.82) is 0 Å². The molecule has 2 aromatic carbocycles. The zero-order valence-electron chi connectivity index (χ0n) is 35.3. The minimum absolute atomic E-state index is 0.0522. The average molecular weight is 813 g/mol. The van der Waals surface area contributed by atoms with Gasteiger partial charge in [0.2, 0.25) is 0 Å². The van der Waals surface area contributed by atoms with Gasteiger partial charge in [0.05, 0.1) is 30.0 Å². The maximum absolute atomic E-state index is 15.2. The van der Waals surface area contributed by atoms with E-state index >= 15 is 4.39 Å². The highest BCUT2D eigenvalue weighted by Crippen LogP contribution is 2.42. The number of benzene rings is 2. The third-order valence-electron chi connectivity index (χ3n) is 13.3. The van der Waals surface area contributed by atoms with Crippen LogP contribution < -0.4 is 14.5 Å². The largest absolute Gasteiger partial charge is 0.508 e. The number of alkyl halides is 1. The molecule has 6 heterocycles. The standard InChI is InChI=1S/C46H62F2N8O3/c1-4-6-7-8-9-10-11-12-19-52(3)44(58)39-25-34-29-54(20-14-22-56(34)51-39)43-37-17-23-53(41-26-35(57)24-32-15-16-38(48)36(5-2)42(32)41)30-40(37)49-45(50-43)59-31-46-18-13-21-55(46)28-33(47)27-46/h15-16,24-26,33,57H,4-14,17-23,27-31H2,1-3H3/t33-,46+/m1/s1. The molecule has 1 N–H and O–H groups in total. The summed E-state index contributed by atoms with van der Waals surface area (Å²) in [6.45, 7) is 9.50. The van der Waals surface area contributed by atoms with Gasteiger partial charge in [-0.15, -0.1) is 0 Å². The van der Waals surface area contributed by atoms with Gasteiger partial charge < -0.3 is 24.5 Å². The molecule has 11 nitrogen and oxygen atoms in total. The topological polar surface area (TPSA) is 103 Å². The minimum Gasteiger partial charge on any atom is -0.508 e. The average Bonchev–Trinajstić information content (AvgIpc) is 3.86. The van der Waals surface area contributed by atoms with Crippen molar-refractivity contribution in [3.63, 3.8) is 0 Å². The van der Waals surface area contributed by atoms with E-state index in [4.69, 9.17) is 19.8 Å². The fourth-order valence-electron chi connectivity index (χ4n) is 10.2. The van der Waals surface area contributed by atoms with Gasteiger partial charge in [-0.05, 0) is 74.2 Å². The van der Waals surface area contributed by atoms with Crippen molar-refractivity contribution in [3.8, 4) is 11.8 Å². The van der Waals surface area contributed by atoms with Crippen LogP contribution in [0, 0.1) is 5.82 Å². The molecule has 0 spiro atoms. The Hall–Kier alpha value is -4.52. The van der Waals surface area contributed by atoms with Crippen molar-refractivity contribution in [1.82, 2.24) is 29.5 Å². The summed E-state index contributed by atoms with van der Waals surface area (Å²) in [5, 5.41) is 17.2. The molecule has 0 aliphatic carbocycles. The molecule has 0 radical (unpaired) electrons. The molecule has 2 fully saturated rings. The lowest BCUT2D eigenvalue weighted by Gasteiger charge is -2.35. The summed E-state index contributed by atoms with van der Waals surface area (Å²) in [4.78, 5) is 32.2. The van der Waals surface area contributed by atoms with Crippen molar-refractivity contribution in [2.45, 2.75) is 135 Å². The third-order valence-corrected chi connectivity index (χ3v) is 13.3. The number of phenolic OH excluding ortho intramolecular Hbond substituents is 1. The maximum Gasteiger partial charge on any atom is 0.318 e. The molecule has 0 saturated carbocycles. The second-order valence-electron chi connectivity index (χ2n) is 17.5. The number of anilines is 2. The molecule has 2 saturated heterocycles. The molecular formula is C46H62F2N8O3. The van der Waals surface area contributed by atoms with Gasteiger partial charge in [0.25, 0.3) is 5.91 Å². The number of amides is 1. The number of hydrogen-bond acceptors (Lipinski definition) is 9. The summed E-state index contributed by atoms with van der Waals surface area (Å²) in [5.41, 5.74) is 4.31. The van der Waals surface area contributed by atoms with Crippen molar-refractivity contribution >= 4 is 28.2 Å². The number of aromatic nitrogens is 4. The Labute approximate surface area is 347 Å². The second kappa shape index (κ2) is 18.0. The summed E-state index contributed by atoms with van der Waals surface area (Å²) in [7, 11) is 1.88. The van der Waals surface area contributed by atoms with Gasteiger partial charge in [0.15, 0.2) is 5.69 Å². The Bertz CT molecular complexity index is 2130. The molecular weight excluding hydrogens is 751 g/mol. The van der Waals surface area contributed by atoms with Gasteiger partial charge in [-0.1, -0.05) is 64.9 Å². The number of nitrogens with zero attached hydrogens (tertiary/aromatic N) is 8. The van der Waals surface area contributed by atoms with Crippen LogP contribution in [0.1, 0.15) is 124 Å². The quantitative estimate of drug-likeness (QED) is 0.112. The normalized spacial score (nSPS) is 20.5. The Morgan fingerprint density at radius 1 is 0.966 bits per heavy atom. The molecule has 4 aliphatic heterocycles. The zero-order chi connectivity index (χ0) is 41.1. The first-order valence-electron chi connectivity index (χ1n) is 22.3. The first-order valence-corrected chi connectivity index (χ1v) is 22.3. The van der Waals surface area contributed by atoms with E-state index in [9.17, 15) is 14.3 Å². The van der Waals surface area contributed by atoms with Crippen LogP contribution in [0.2, 0.25) is 0 Å². The van der Waals surface area contributed by atoms with Gasteiger partial charge in [-0.3, -0.25) is 14.4 Å². The van der Waals surface area contributed by atoms with E-state index in [1.54, 1.807) is 23.1 Å². The highest BCUT2D eigenvalue weighted by Gasteiger charge is 2.49. The lowest BCUT2D eigenvalue weighted by atomic mass is 9.95. The van der Waals surface area contributed by atoms with E-state index in [0.717, 1.165) is 84.4 Å².